The summed E-state index contributed by atoms with van der Waals surface area (Å²) in [6, 6.07) is 12.5. The predicted molar refractivity (Wildman–Crippen MR) is 128 cm³/mol. The summed E-state index contributed by atoms with van der Waals surface area (Å²) in [7, 11) is 0. The number of rotatable bonds is 5. The number of para-hydroxylation sites is 1. The largest absolute Gasteiger partial charge is 0.504 e. The molecular weight excluding hydrogens is 426 g/mol. The van der Waals surface area contributed by atoms with Crippen LogP contribution in [0.25, 0.3) is 11.0 Å². The number of hydrogen-bond donors (Lipinski definition) is 1. The van der Waals surface area contributed by atoms with Crippen molar-refractivity contribution >= 4 is 11.0 Å². The van der Waals surface area contributed by atoms with Crippen LogP contribution in [-0.4, -0.2) is 41.3 Å². The highest BCUT2D eigenvalue weighted by molar-refractivity contribution is 5.84. The molecule has 1 spiro atoms. The zero-order valence-electron chi connectivity index (χ0n) is 19.3. The maximum absolute atomic E-state index is 10.9. The minimum absolute atomic E-state index is 0.219. The Bertz CT molecular complexity index is 1360. The van der Waals surface area contributed by atoms with Crippen LogP contribution in [0.3, 0.4) is 0 Å². The predicted octanol–water partition coefficient (Wildman–Crippen LogP) is 5.05. The summed E-state index contributed by atoms with van der Waals surface area (Å²) < 4.78 is 20.3. The van der Waals surface area contributed by atoms with Crippen LogP contribution in [0.2, 0.25) is 0 Å². The molecule has 0 unspecified atom stereocenters. The summed E-state index contributed by atoms with van der Waals surface area (Å²) >= 11 is 0. The van der Waals surface area contributed by atoms with E-state index in [0.717, 1.165) is 60.6 Å². The fourth-order valence-corrected chi connectivity index (χ4v) is 7.87. The van der Waals surface area contributed by atoms with Gasteiger partial charge < -0.3 is 19.0 Å². The van der Waals surface area contributed by atoms with Crippen molar-refractivity contribution in [2.75, 3.05) is 19.7 Å². The molecule has 5 aliphatic rings. The Balaban J connectivity index is 1.44. The SMILES string of the molecule is C=CCO[C@@]12Cc3c(oc4ccccc34)[C@@H]3Oc4c(O)ccc5c4[C@@]31CCN(CC1CC1)[C@@H]2C5. The van der Waals surface area contributed by atoms with Crippen molar-refractivity contribution in [3.63, 3.8) is 0 Å². The second kappa shape index (κ2) is 6.46. The summed E-state index contributed by atoms with van der Waals surface area (Å²) in [4.78, 5) is 2.71. The number of nitrogens with zero attached hydrogens (tertiary/aromatic N) is 1. The van der Waals surface area contributed by atoms with Crippen LogP contribution < -0.4 is 4.74 Å². The first-order valence-corrected chi connectivity index (χ1v) is 12.7. The molecule has 1 aromatic heterocycles. The van der Waals surface area contributed by atoms with E-state index >= 15 is 0 Å². The van der Waals surface area contributed by atoms with Crippen molar-refractivity contribution in [2.24, 2.45) is 5.92 Å². The van der Waals surface area contributed by atoms with Crippen molar-refractivity contribution in [3.8, 4) is 11.5 Å². The molecular formula is C29H29NO4. The maximum Gasteiger partial charge on any atom is 0.169 e. The number of fused-ring (bicyclic) bond motifs is 4. The van der Waals surface area contributed by atoms with Crippen LogP contribution in [0.15, 0.2) is 53.5 Å². The lowest BCUT2D eigenvalue weighted by atomic mass is 9.49. The lowest BCUT2D eigenvalue weighted by Gasteiger charge is -2.64. The van der Waals surface area contributed by atoms with Gasteiger partial charge in [0.05, 0.1) is 12.0 Å². The van der Waals surface area contributed by atoms with Gasteiger partial charge in [-0.2, -0.15) is 0 Å². The molecule has 1 saturated heterocycles. The van der Waals surface area contributed by atoms with E-state index in [9.17, 15) is 5.11 Å². The third-order valence-electron chi connectivity index (χ3n) is 9.35. The third-order valence-corrected chi connectivity index (χ3v) is 9.35. The molecule has 1 saturated carbocycles. The van der Waals surface area contributed by atoms with E-state index in [1.165, 1.54) is 24.0 Å². The van der Waals surface area contributed by atoms with Gasteiger partial charge in [0.2, 0.25) is 0 Å². The maximum atomic E-state index is 10.9. The molecule has 1 N–H and O–H groups in total. The van der Waals surface area contributed by atoms with E-state index in [-0.39, 0.29) is 23.3 Å². The van der Waals surface area contributed by atoms with Crippen LogP contribution in [0.1, 0.15) is 47.8 Å². The molecule has 3 aromatic rings. The van der Waals surface area contributed by atoms with Gasteiger partial charge in [-0.15, -0.1) is 6.58 Å². The standard InChI is InChI=1S/C29H29NO4/c1-2-13-32-29-15-20-19-5-3-4-6-22(19)33-25(20)27-28(29)11-12-30(16-17-7-8-17)23(29)14-18-9-10-21(31)26(34-27)24(18)28/h2-6,9-10,17,23,27,31H,1,7-8,11-16H2/t23-,27+,28+,29-/m1/s1. The first-order chi connectivity index (χ1) is 16.7. The molecule has 0 radical (unpaired) electrons. The van der Waals surface area contributed by atoms with Gasteiger partial charge in [-0.05, 0) is 55.8 Å². The van der Waals surface area contributed by atoms with E-state index < -0.39 is 5.60 Å². The topological polar surface area (TPSA) is 55.1 Å². The van der Waals surface area contributed by atoms with Gasteiger partial charge in [0.15, 0.2) is 17.6 Å². The quantitative estimate of drug-likeness (QED) is 0.546. The molecule has 0 amide bonds. The van der Waals surface area contributed by atoms with Gasteiger partial charge in [-0.3, -0.25) is 4.90 Å². The Kier molecular flexibility index (Phi) is 3.71. The van der Waals surface area contributed by atoms with E-state index in [4.69, 9.17) is 13.9 Å². The van der Waals surface area contributed by atoms with Crippen molar-refractivity contribution in [1.29, 1.82) is 0 Å². The molecule has 2 aromatic carbocycles. The second-order valence-electron chi connectivity index (χ2n) is 10.9. The van der Waals surface area contributed by atoms with E-state index in [2.05, 4.69) is 29.7 Å². The molecule has 34 heavy (non-hydrogen) atoms. The van der Waals surface area contributed by atoms with E-state index in [0.29, 0.717) is 12.4 Å². The van der Waals surface area contributed by atoms with Gasteiger partial charge in [0.1, 0.15) is 16.9 Å². The number of aromatic hydroxyl groups is 1. The first-order valence-electron chi connectivity index (χ1n) is 12.7. The van der Waals surface area contributed by atoms with Gasteiger partial charge in [-0.1, -0.05) is 30.3 Å². The fraction of sp³-hybridized carbons (Fsp3) is 0.448. The number of furan rings is 1. The highest BCUT2D eigenvalue weighted by Gasteiger charge is 2.74. The monoisotopic (exact) mass is 455 g/mol. The fourth-order valence-electron chi connectivity index (χ4n) is 7.87. The van der Waals surface area contributed by atoms with E-state index in [1.54, 1.807) is 6.07 Å². The summed E-state index contributed by atoms with van der Waals surface area (Å²) in [5, 5.41) is 12.1. The van der Waals surface area contributed by atoms with Gasteiger partial charge in [0, 0.05) is 35.5 Å². The molecule has 4 atom stereocenters. The van der Waals surface area contributed by atoms with Gasteiger partial charge in [0.25, 0.3) is 0 Å². The molecule has 2 fully saturated rings. The smallest absolute Gasteiger partial charge is 0.169 e. The highest BCUT2D eigenvalue weighted by atomic mass is 16.5. The van der Waals surface area contributed by atoms with Crippen molar-refractivity contribution in [1.82, 2.24) is 4.90 Å². The Hall–Kier alpha value is -2.76. The number of piperidine rings is 1. The van der Waals surface area contributed by atoms with Crippen LogP contribution in [0.4, 0.5) is 0 Å². The van der Waals surface area contributed by atoms with Gasteiger partial charge >= 0.3 is 0 Å². The lowest BCUT2D eigenvalue weighted by Crippen LogP contribution is -2.75. The second-order valence-corrected chi connectivity index (χ2v) is 10.9. The molecule has 3 aliphatic carbocycles. The molecule has 5 heteroatoms. The van der Waals surface area contributed by atoms with Gasteiger partial charge in [-0.25, -0.2) is 0 Å². The number of benzene rings is 2. The number of ether oxygens (including phenoxy) is 2. The molecule has 5 nitrogen and oxygen atoms in total. The zero-order valence-corrected chi connectivity index (χ0v) is 19.3. The number of hydrogen-bond acceptors (Lipinski definition) is 5. The molecule has 8 rings (SSSR count). The van der Waals surface area contributed by atoms with Crippen molar-refractivity contribution < 1.29 is 19.0 Å². The summed E-state index contributed by atoms with van der Waals surface area (Å²) in [5.41, 5.74) is 3.70. The summed E-state index contributed by atoms with van der Waals surface area (Å²) in [6.07, 6.45) is 6.87. The van der Waals surface area contributed by atoms with Crippen LogP contribution in [0, 0.1) is 5.92 Å². The third kappa shape index (κ3) is 2.19. The Morgan fingerprint density at radius 1 is 1.21 bits per heavy atom. The van der Waals surface area contributed by atoms with Crippen molar-refractivity contribution in [3.05, 3.63) is 71.5 Å². The van der Waals surface area contributed by atoms with E-state index in [1.807, 2.05) is 18.2 Å². The molecule has 2 bridgehead atoms. The zero-order chi connectivity index (χ0) is 22.7. The number of phenols is 1. The number of likely N-dealkylation sites (tertiary alicyclic amines) is 1. The molecule has 2 aliphatic heterocycles. The normalized spacial score (nSPS) is 32.8. The molecule has 3 heterocycles. The summed E-state index contributed by atoms with van der Waals surface area (Å²) in [5.74, 6) is 2.58. The Morgan fingerprint density at radius 2 is 2.09 bits per heavy atom. The average molecular weight is 456 g/mol. The minimum Gasteiger partial charge on any atom is -0.504 e. The van der Waals surface area contributed by atoms with Crippen LogP contribution >= 0.6 is 0 Å². The lowest BCUT2D eigenvalue weighted by molar-refractivity contribution is -0.201. The van der Waals surface area contributed by atoms with Crippen LogP contribution in [-0.2, 0) is 23.0 Å². The van der Waals surface area contributed by atoms with Crippen LogP contribution in [0.5, 0.6) is 11.5 Å². The average Bonchev–Trinajstić information content (AvgIpc) is 3.49. The number of phenolic OH excluding ortho intramolecular Hbond substituents is 1. The van der Waals surface area contributed by atoms with Crippen molar-refractivity contribution in [2.45, 2.75) is 55.3 Å². The Labute approximate surface area is 199 Å². The highest BCUT2D eigenvalue weighted by Crippen LogP contribution is 2.70. The Morgan fingerprint density at radius 3 is 2.94 bits per heavy atom. The first kappa shape index (κ1) is 19.5. The molecule has 174 valence electrons. The minimum atomic E-state index is -0.468. The summed E-state index contributed by atoms with van der Waals surface area (Å²) in [6.45, 7) is 6.65.